The van der Waals surface area contributed by atoms with Gasteiger partial charge in [0.2, 0.25) is 5.91 Å². The molecule has 2 unspecified atom stereocenters. The molecular formula is C16H32N2O3. The zero-order chi connectivity index (χ0) is 15.7. The molecule has 1 rings (SSSR count). The van der Waals surface area contributed by atoms with Crippen molar-refractivity contribution in [1.29, 1.82) is 0 Å². The molecule has 1 amide bonds. The molecule has 1 aliphatic carbocycles. The lowest BCUT2D eigenvalue weighted by atomic mass is 9.79. The Bertz CT molecular complexity index is 310. The number of hydrogen-bond acceptors (Lipinski definition) is 4. The van der Waals surface area contributed by atoms with Crippen molar-refractivity contribution in [2.75, 3.05) is 19.8 Å². The van der Waals surface area contributed by atoms with Gasteiger partial charge in [0.15, 0.2) is 0 Å². The molecule has 5 nitrogen and oxygen atoms in total. The van der Waals surface area contributed by atoms with Crippen LogP contribution in [0, 0.1) is 0 Å². The minimum absolute atomic E-state index is 0.0901. The second-order valence-electron chi connectivity index (χ2n) is 6.30. The topological polar surface area (TPSA) is 73.6 Å². The Morgan fingerprint density at radius 2 is 2.14 bits per heavy atom. The van der Waals surface area contributed by atoms with Gasteiger partial charge < -0.3 is 20.5 Å². The third kappa shape index (κ3) is 6.32. The van der Waals surface area contributed by atoms with Crippen LogP contribution in [-0.2, 0) is 14.3 Å². The average Bonchev–Trinajstić information content (AvgIpc) is 2.42. The van der Waals surface area contributed by atoms with Crippen LogP contribution in [0.25, 0.3) is 0 Å². The third-order valence-electron chi connectivity index (χ3n) is 3.97. The molecule has 0 bridgehead atoms. The maximum Gasteiger partial charge on any atom is 0.237 e. The number of hydrogen-bond donors (Lipinski definition) is 2. The molecule has 0 aliphatic heterocycles. The second kappa shape index (κ2) is 9.38. The lowest BCUT2D eigenvalue weighted by Crippen LogP contribution is -2.60. The summed E-state index contributed by atoms with van der Waals surface area (Å²) in [6.45, 7) is 8.23. The van der Waals surface area contributed by atoms with Gasteiger partial charge in [0, 0.05) is 19.1 Å². The fourth-order valence-corrected chi connectivity index (χ4v) is 2.97. The number of carbonyl (C=O) groups excluding carboxylic acids is 1. The summed E-state index contributed by atoms with van der Waals surface area (Å²) in [5.41, 5.74) is 5.03. The zero-order valence-corrected chi connectivity index (χ0v) is 13.8. The van der Waals surface area contributed by atoms with Crippen LogP contribution in [0.4, 0.5) is 0 Å². The lowest BCUT2D eigenvalue weighted by molar-refractivity contribution is -0.129. The maximum atomic E-state index is 11.9. The predicted octanol–water partition coefficient (Wildman–Crippen LogP) is 1.98. The molecule has 5 heteroatoms. The Labute approximate surface area is 128 Å². The summed E-state index contributed by atoms with van der Waals surface area (Å²) in [6.07, 6.45) is 5.74. The van der Waals surface area contributed by atoms with E-state index in [2.05, 4.69) is 12.2 Å². The first-order valence-electron chi connectivity index (χ1n) is 8.27. The van der Waals surface area contributed by atoms with E-state index in [0.717, 1.165) is 38.7 Å². The molecule has 2 atom stereocenters. The Hall–Kier alpha value is -0.650. The molecule has 1 aliphatic rings. The summed E-state index contributed by atoms with van der Waals surface area (Å²) in [5.74, 6) is -0.260. The SMILES string of the molecule is CCCCOCCOC1CCCC(NC(C)C)(C(N)=O)C1. The fourth-order valence-electron chi connectivity index (χ4n) is 2.97. The molecule has 0 radical (unpaired) electrons. The van der Waals surface area contributed by atoms with Crippen LogP contribution in [0.2, 0.25) is 0 Å². The summed E-state index contributed by atoms with van der Waals surface area (Å²) in [4.78, 5) is 11.9. The van der Waals surface area contributed by atoms with E-state index < -0.39 is 5.54 Å². The number of rotatable bonds is 10. The van der Waals surface area contributed by atoms with Crippen molar-refractivity contribution in [1.82, 2.24) is 5.32 Å². The normalized spacial score (nSPS) is 26.2. The van der Waals surface area contributed by atoms with Crippen LogP contribution in [0.15, 0.2) is 0 Å². The van der Waals surface area contributed by atoms with Crippen molar-refractivity contribution in [3.8, 4) is 0 Å². The summed E-state index contributed by atoms with van der Waals surface area (Å²) in [5, 5.41) is 3.36. The van der Waals surface area contributed by atoms with Crippen LogP contribution in [0.5, 0.6) is 0 Å². The maximum absolute atomic E-state index is 11.9. The van der Waals surface area contributed by atoms with Gasteiger partial charge in [-0.2, -0.15) is 0 Å². The van der Waals surface area contributed by atoms with Crippen LogP contribution in [0.3, 0.4) is 0 Å². The molecule has 0 heterocycles. The van der Waals surface area contributed by atoms with Crippen molar-refractivity contribution in [2.24, 2.45) is 5.73 Å². The molecule has 1 fully saturated rings. The highest BCUT2D eigenvalue weighted by Gasteiger charge is 2.41. The molecule has 0 aromatic rings. The van der Waals surface area contributed by atoms with Crippen molar-refractivity contribution >= 4 is 5.91 Å². The summed E-state index contributed by atoms with van der Waals surface area (Å²) in [7, 11) is 0. The number of primary amides is 1. The van der Waals surface area contributed by atoms with E-state index in [1.54, 1.807) is 0 Å². The van der Waals surface area contributed by atoms with E-state index in [1.165, 1.54) is 0 Å². The fraction of sp³-hybridized carbons (Fsp3) is 0.938. The van der Waals surface area contributed by atoms with E-state index in [-0.39, 0.29) is 18.1 Å². The number of unbranched alkanes of at least 4 members (excludes halogenated alkanes) is 1. The highest BCUT2D eigenvalue weighted by molar-refractivity contribution is 5.84. The zero-order valence-electron chi connectivity index (χ0n) is 13.8. The summed E-state index contributed by atoms with van der Waals surface area (Å²) in [6, 6.07) is 0.230. The van der Waals surface area contributed by atoms with Gasteiger partial charge in [-0.1, -0.05) is 13.3 Å². The van der Waals surface area contributed by atoms with Gasteiger partial charge in [0.1, 0.15) is 5.54 Å². The molecule has 3 N–H and O–H groups in total. The lowest BCUT2D eigenvalue weighted by Gasteiger charge is -2.40. The highest BCUT2D eigenvalue weighted by Crippen LogP contribution is 2.30. The van der Waals surface area contributed by atoms with E-state index >= 15 is 0 Å². The second-order valence-corrected chi connectivity index (χ2v) is 6.30. The largest absolute Gasteiger partial charge is 0.379 e. The first kappa shape index (κ1) is 18.4. The number of carbonyl (C=O) groups is 1. The smallest absolute Gasteiger partial charge is 0.237 e. The van der Waals surface area contributed by atoms with Gasteiger partial charge in [-0.05, 0) is 39.5 Å². The van der Waals surface area contributed by atoms with Gasteiger partial charge in [-0.15, -0.1) is 0 Å². The van der Waals surface area contributed by atoms with Gasteiger partial charge in [0.25, 0.3) is 0 Å². The van der Waals surface area contributed by atoms with Crippen LogP contribution in [0.1, 0.15) is 59.3 Å². The Balaban J connectivity index is 2.37. The van der Waals surface area contributed by atoms with Gasteiger partial charge in [-0.25, -0.2) is 0 Å². The van der Waals surface area contributed by atoms with Crippen LogP contribution >= 0.6 is 0 Å². The third-order valence-corrected chi connectivity index (χ3v) is 3.97. The summed E-state index contributed by atoms with van der Waals surface area (Å²) < 4.78 is 11.4. The Morgan fingerprint density at radius 3 is 2.76 bits per heavy atom. The van der Waals surface area contributed by atoms with Crippen molar-refractivity contribution < 1.29 is 14.3 Å². The van der Waals surface area contributed by atoms with E-state index in [4.69, 9.17) is 15.2 Å². The Kier molecular flexibility index (Phi) is 8.22. The minimum atomic E-state index is -0.611. The predicted molar refractivity (Wildman–Crippen MR) is 84.1 cm³/mol. The first-order chi connectivity index (χ1) is 10.00. The molecule has 124 valence electrons. The van der Waals surface area contributed by atoms with Crippen molar-refractivity contribution in [3.05, 3.63) is 0 Å². The number of amides is 1. The molecule has 21 heavy (non-hydrogen) atoms. The minimum Gasteiger partial charge on any atom is -0.379 e. The quantitative estimate of drug-likeness (QED) is 0.605. The number of nitrogens with two attached hydrogens (primary N) is 1. The standard InChI is InChI=1S/C16H32N2O3/c1-4-5-9-20-10-11-21-14-7-6-8-16(12-14,15(17)19)18-13(2)3/h13-14,18H,4-12H2,1-3H3,(H2,17,19). The van der Waals surface area contributed by atoms with Crippen LogP contribution in [-0.4, -0.2) is 43.4 Å². The van der Waals surface area contributed by atoms with E-state index in [9.17, 15) is 4.79 Å². The van der Waals surface area contributed by atoms with E-state index in [1.807, 2.05) is 13.8 Å². The summed E-state index contributed by atoms with van der Waals surface area (Å²) >= 11 is 0. The molecule has 0 saturated heterocycles. The van der Waals surface area contributed by atoms with Gasteiger partial charge in [-0.3, -0.25) is 4.79 Å². The molecule has 0 aromatic carbocycles. The molecular weight excluding hydrogens is 268 g/mol. The van der Waals surface area contributed by atoms with E-state index in [0.29, 0.717) is 19.6 Å². The molecule has 0 aromatic heterocycles. The average molecular weight is 300 g/mol. The molecule has 1 saturated carbocycles. The highest BCUT2D eigenvalue weighted by atomic mass is 16.5. The van der Waals surface area contributed by atoms with Gasteiger partial charge >= 0.3 is 0 Å². The van der Waals surface area contributed by atoms with Gasteiger partial charge in [0.05, 0.1) is 19.3 Å². The Morgan fingerprint density at radius 1 is 1.38 bits per heavy atom. The van der Waals surface area contributed by atoms with Crippen molar-refractivity contribution in [3.63, 3.8) is 0 Å². The van der Waals surface area contributed by atoms with Crippen molar-refractivity contribution in [2.45, 2.75) is 77.0 Å². The molecule has 0 spiro atoms. The number of ether oxygens (including phenoxy) is 2. The first-order valence-corrected chi connectivity index (χ1v) is 8.27. The number of nitrogens with one attached hydrogen (secondary N) is 1. The monoisotopic (exact) mass is 300 g/mol. The van der Waals surface area contributed by atoms with Crippen LogP contribution < -0.4 is 11.1 Å².